The third kappa shape index (κ3) is 3.61. The van der Waals surface area contributed by atoms with Crippen LogP contribution in [-0.4, -0.2) is 38.9 Å². The van der Waals surface area contributed by atoms with Crippen molar-refractivity contribution in [2.45, 2.75) is 13.5 Å². The van der Waals surface area contributed by atoms with Crippen LogP contribution in [0.15, 0.2) is 24.7 Å². The second-order valence-electron chi connectivity index (χ2n) is 4.15. The average Bonchev–Trinajstić information content (AvgIpc) is 2.85. The van der Waals surface area contributed by atoms with Gasteiger partial charge in [-0.05, 0) is 13.0 Å². The van der Waals surface area contributed by atoms with E-state index in [1.54, 1.807) is 23.3 Å². The van der Waals surface area contributed by atoms with Gasteiger partial charge in [0.15, 0.2) is 0 Å². The second-order valence-corrected chi connectivity index (χ2v) is 4.15. The number of aryl methyl sites for hydroxylation is 1. The van der Waals surface area contributed by atoms with E-state index in [0.29, 0.717) is 18.8 Å². The minimum atomic E-state index is -0.144. The van der Waals surface area contributed by atoms with Crippen LogP contribution >= 0.6 is 0 Å². The van der Waals surface area contributed by atoms with Crippen LogP contribution in [0.1, 0.15) is 12.6 Å². The number of carbonyl (C=O) groups excluding carboxylic acids is 1. The lowest BCUT2D eigenvalue weighted by atomic mass is 10.3. The number of rotatable bonds is 6. The van der Waals surface area contributed by atoms with Crippen molar-refractivity contribution in [3.63, 3.8) is 0 Å². The Kier molecular flexibility index (Phi) is 4.78. The Bertz CT molecular complexity index is 567. The fourth-order valence-electron chi connectivity index (χ4n) is 1.66. The topological polar surface area (TPSA) is 81.9 Å². The molecular weight excluding hydrogens is 258 g/mol. The molecular formula is C13H17N5O2. The van der Waals surface area contributed by atoms with Crippen molar-refractivity contribution >= 4 is 5.91 Å². The number of carbonyl (C=O) groups is 1. The van der Waals surface area contributed by atoms with Gasteiger partial charge in [-0.2, -0.15) is 5.10 Å². The van der Waals surface area contributed by atoms with E-state index < -0.39 is 0 Å². The van der Waals surface area contributed by atoms with Crippen LogP contribution in [0.25, 0.3) is 11.4 Å². The predicted octanol–water partition coefficient (Wildman–Crippen LogP) is 0.530. The van der Waals surface area contributed by atoms with Crippen molar-refractivity contribution in [1.82, 2.24) is 25.1 Å². The van der Waals surface area contributed by atoms with Gasteiger partial charge in [-0.25, -0.2) is 0 Å². The highest BCUT2D eigenvalue weighted by atomic mass is 16.5. The molecule has 0 aliphatic rings. The normalized spacial score (nSPS) is 10.5. The third-order valence-corrected chi connectivity index (χ3v) is 2.71. The van der Waals surface area contributed by atoms with E-state index >= 15 is 0 Å². The van der Waals surface area contributed by atoms with Crippen molar-refractivity contribution in [3.8, 4) is 11.4 Å². The molecule has 2 heterocycles. The lowest BCUT2D eigenvalue weighted by molar-refractivity contribution is -0.125. The smallest absolute Gasteiger partial charge is 0.246 e. The molecule has 2 aromatic rings. The van der Waals surface area contributed by atoms with Gasteiger partial charge >= 0.3 is 0 Å². The number of hydrogen-bond donors (Lipinski definition) is 1. The van der Waals surface area contributed by atoms with Crippen LogP contribution < -0.4 is 5.32 Å². The summed E-state index contributed by atoms with van der Waals surface area (Å²) in [4.78, 5) is 19.7. The number of aromatic nitrogens is 4. The first kappa shape index (κ1) is 14.1. The first-order chi connectivity index (χ1) is 9.70. The molecule has 7 heteroatoms. The molecule has 1 N–H and O–H groups in total. The van der Waals surface area contributed by atoms with Crippen molar-refractivity contribution in [3.05, 3.63) is 30.4 Å². The summed E-state index contributed by atoms with van der Waals surface area (Å²) in [6.07, 6.45) is 4.88. The molecule has 0 radical (unpaired) electrons. The first-order valence-corrected chi connectivity index (χ1v) is 6.34. The third-order valence-electron chi connectivity index (χ3n) is 2.71. The van der Waals surface area contributed by atoms with E-state index in [4.69, 9.17) is 4.74 Å². The van der Waals surface area contributed by atoms with E-state index in [0.717, 1.165) is 11.4 Å². The summed E-state index contributed by atoms with van der Waals surface area (Å²) in [5.41, 5.74) is 2.32. The van der Waals surface area contributed by atoms with E-state index in [-0.39, 0.29) is 12.5 Å². The summed E-state index contributed by atoms with van der Waals surface area (Å²) in [5.74, 6) is -0.144. The summed E-state index contributed by atoms with van der Waals surface area (Å²) >= 11 is 0. The predicted molar refractivity (Wildman–Crippen MR) is 72.6 cm³/mol. The van der Waals surface area contributed by atoms with Gasteiger partial charge in [0.2, 0.25) is 5.91 Å². The number of nitrogens with one attached hydrogen (secondary N) is 1. The van der Waals surface area contributed by atoms with Gasteiger partial charge in [0, 0.05) is 26.0 Å². The SMILES string of the molecule is CCOCC(=O)NCc1cc(-c2cnccn2)nn1C. The standard InChI is InChI=1S/C13H17N5O2/c1-3-20-9-13(19)16-7-10-6-11(17-18(10)2)12-8-14-4-5-15-12/h4-6,8H,3,7,9H2,1-2H3,(H,16,19). The van der Waals surface area contributed by atoms with E-state index in [2.05, 4.69) is 20.4 Å². The minimum absolute atomic E-state index is 0.0748. The fourth-order valence-corrected chi connectivity index (χ4v) is 1.66. The minimum Gasteiger partial charge on any atom is -0.372 e. The Labute approximate surface area is 117 Å². The van der Waals surface area contributed by atoms with Crippen LogP contribution in [-0.2, 0) is 23.1 Å². The van der Waals surface area contributed by atoms with Gasteiger partial charge in [-0.3, -0.25) is 19.4 Å². The van der Waals surface area contributed by atoms with Gasteiger partial charge < -0.3 is 10.1 Å². The molecule has 106 valence electrons. The monoisotopic (exact) mass is 275 g/mol. The summed E-state index contributed by atoms with van der Waals surface area (Å²) in [7, 11) is 1.82. The molecule has 0 bridgehead atoms. The zero-order valence-electron chi connectivity index (χ0n) is 11.5. The molecule has 20 heavy (non-hydrogen) atoms. The molecule has 1 amide bonds. The summed E-state index contributed by atoms with van der Waals surface area (Å²) in [6, 6.07) is 1.88. The highest BCUT2D eigenvalue weighted by molar-refractivity contribution is 5.77. The Morgan fingerprint density at radius 1 is 1.40 bits per heavy atom. The van der Waals surface area contributed by atoms with Crippen molar-refractivity contribution in [2.24, 2.45) is 7.05 Å². The van der Waals surface area contributed by atoms with Gasteiger partial charge in [0.05, 0.1) is 18.4 Å². The molecule has 0 unspecified atom stereocenters. The molecule has 0 atom stereocenters. The summed E-state index contributed by atoms with van der Waals surface area (Å²) < 4.78 is 6.75. The summed E-state index contributed by atoms with van der Waals surface area (Å²) in [5, 5.41) is 7.13. The first-order valence-electron chi connectivity index (χ1n) is 6.34. The van der Waals surface area contributed by atoms with E-state index in [1.165, 1.54) is 0 Å². The molecule has 0 aliphatic carbocycles. The lowest BCUT2D eigenvalue weighted by Gasteiger charge is -2.05. The Balaban J connectivity index is 2.00. The molecule has 0 spiro atoms. The van der Waals surface area contributed by atoms with E-state index in [9.17, 15) is 4.79 Å². The Morgan fingerprint density at radius 3 is 2.95 bits per heavy atom. The highest BCUT2D eigenvalue weighted by Crippen LogP contribution is 2.14. The fraction of sp³-hybridized carbons (Fsp3) is 0.385. The van der Waals surface area contributed by atoms with Crippen molar-refractivity contribution in [2.75, 3.05) is 13.2 Å². The van der Waals surface area contributed by atoms with Crippen LogP contribution in [0.5, 0.6) is 0 Å². The maximum Gasteiger partial charge on any atom is 0.246 e. The zero-order valence-corrected chi connectivity index (χ0v) is 11.5. The molecule has 7 nitrogen and oxygen atoms in total. The molecule has 0 fully saturated rings. The zero-order chi connectivity index (χ0) is 14.4. The number of hydrogen-bond acceptors (Lipinski definition) is 5. The number of ether oxygens (including phenoxy) is 1. The maximum atomic E-state index is 11.5. The van der Waals surface area contributed by atoms with Crippen LogP contribution in [0.2, 0.25) is 0 Å². The molecule has 0 saturated carbocycles. The lowest BCUT2D eigenvalue weighted by Crippen LogP contribution is -2.27. The quantitative estimate of drug-likeness (QED) is 0.831. The average molecular weight is 275 g/mol. The van der Waals surface area contributed by atoms with Crippen LogP contribution in [0.4, 0.5) is 0 Å². The van der Waals surface area contributed by atoms with Gasteiger partial charge in [0.1, 0.15) is 18.0 Å². The molecule has 0 saturated heterocycles. The number of nitrogens with zero attached hydrogens (tertiary/aromatic N) is 4. The van der Waals surface area contributed by atoms with Crippen molar-refractivity contribution in [1.29, 1.82) is 0 Å². The number of amides is 1. The van der Waals surface area contributed by atoms with Crippen LogP contribution in [0.3, 0.4) is 0 Å². The highest BCUT2D eigenvalue weighted by Gasteiger charge is 2.09. The van der Waals surface area contributed by atoms with Gasteiger partial charge in [0.25, 0.3) is 0 Å². The Morgan fingerprint density at radius 2 is 2.25 bits per heavy atom. The van der Waals surface area contributed by atoms with Gasteiger partial charge in [-0.15, -0.1) is 0 Å². The van der Waals surface area contributed by atoms with E-state index in [1.807, 2.05) is 20.0 Å². The largest absolute Gasteiger partial charge is 0.372 e. The molecule has 2 aromatic heterocycles. The molecule has 0 aromatic carbocycles. The van der Waals surface area contributed by atoms with Crippen LogP contribution in [0, 0.1) is 0 Å². The Hall–Kier alpha value is -2.28. The second kappa shape index (κ2) is 6.76. The summed E-state index contributed by atoms with van der Waals surface area (Å²) in [6.45, 7) is 2.85. The van der Waals surface area contributed by atoms with Gasteiger partial charge in [-0.1, -0.05) is 0 Å². The molecule has 2 rings (SSSR count). The molecule has 0 aliphatic heterocycles. The maximum absolute atomic E-state index is 11.5. The van der Waals surface area contributed by atoms with Crippen molar-refractivity contribution < 1.29 is 9.53 Å².